The van der Waals surface area contributed by atoms with E-state index in [0.29, 0.717) is 46.0 Å². The summed E-state index contributed by atoms with van der Waals surface area (Å²) in [6, 6.07) is 18.8. The van der Waals surface area contributed by atoms with Crippen LogP contribution in [0.2, 0.25) is 10.0 Å². The molecular formula is C27H22Cl2INO4S. The van der Waals surface area contributed by atoms with Gasteiger partial charge in [0.05, 0.1) is 25.1 Å². The van der Waals surface area contributed by atoms with Crippen molar-refractivity contribution < 1.29 is 19.1 Å². The third-order valence-corrected chi connectivity index (χ3v) is 7.78. The maximum atomic E-state index is 13.0. The van der Waals surface area contributed by atoms with Crippen LogP contribution in [0.3, 0.4) is 0 Å². The van der Waals surface area contributed by atoms with Crippen molar-refractivity contribution in [3.63, 3.8) is 0 Å². The van der Waals surface area contributed by atoms with E-state index in [0.717, 1.165) is 32.0 Å². The standard InChI is InChI=1S/C27H22Cl2INO4S/c1-2-34-23-14-19(13-22(30)25(23)35-16-18-8-9-20(28)21(29)12-18)15-24-26(32)31(27(33)36-24)11-10-17-6-4-3-5-7-17/h3-9,12-15H,2,10-11,16H2,1H3/b24-15-. The second kappa shape index (κ2) is 12.4. The molecule has 1 aliphatic heterocycles. The Kier molecular flexibility index (Phi) is 9.22. The molecule has 0 N–H and O–H groups in total. The van der Waals surface area contributed by atoms with Crippen LogP contribution >= 0.6 is 57.6 Å². The number of carbonyl (C=O) groups is 2. The lowest BCUT2D eigenvalue weighted by Gasteiger charge is -2.15. The Morgan fingerprint density at radius 2 is 1.75 bits per heavy atom. The van der Waals surface area contributed by atoms with Crippen molar-refractivity contribution in [2.75, 3.05) is 13.2 Å². The van der Waals surface area contributed by atoms with Gasteiger partial charge in [-0.25, -0.2) is 0 Å². The number of thioether (sulfide) groups is 1. The van der Waals surface area contributed by atoms with E-state index in [1.807, 2.05) is 55.5 Å². The summed E-state index contributed by atoms with van der Waals surface area (Å²) in [7, 11) is 0. The van der Waals surface area contributed by atoms with Crippen LogP contribution in [0.15, 0.2) is 65.6 Å². The highest BCUT2D eigenvalue weighted by Gasteiger charge is 2.34. The maximum Gasteiger partial charge on any atom is 0.293 e. The maximum absolute atomic E-state index is 13.0. The van der Waals surface area contributed by atoms with Crippen LogP contribution in [0.5, 0.6) is 11.5 Å². The number of halogens is 3. The molecule has 1 saturated heterocycles. The summed E-state index contributed by atoms with van der Waals surface area (Å²) in [4.78, 5) is 27.2. The van der Waals surface area contributed by atoms with Crippen LogP contribution in [-0.4, -0.2) is 29.2 Å². The lowest BCUT2D eigenvalue weighted by Crippen LogP contribution is -2.30. The smallest absolute Gasteiger partial charge is 0.293 e. The molecule has 1 fully saturated rings. The first kappa shape index (κ1) is 26.9. The fourth-order valence-corrected chi connectivity index (χ4v) is 5.56. The first-order chi connectivity index (χ1) is 17.4. The highest BCUT2D eigenvalue weighted by molar-refractivity contribution is 14.1. The molecule has 5 nitrogen and oxygen atoms in total. The molecule has 0 aromatic heterocycles. The van der Waals surface area contributed by atoms with Crippen molar-refractivity contribution in [1.29, 1.82) is 0 Å². The lowest BCUT2D eigenvalue weighted by atomic mass is 10.1. The molecule has 0 spiro atoms. The number of ether oxygens (including phenoxy) is 2. The van der Waals surface area contributed by atoms with Gasteiger partial charge in [-0.1, -0.05) is 59.6 Å². The molecule has 0 radical (unpaired) electrons. The van der Waals surface area contributed by atoms with Crippen LogP contribution < -0.4 is 9.47 Å². The second-order valence-electron chi connectivity index (χ2n) is 7.87. The molecule has 9 heteroatoms. The van der Waals surface area contributed by atoms with Crippen LogP contribution in [0.4, 0.5) is 4.79 Å². The minimum atomic E-state index is -0.283. The van der Waals surface area contributed by atoms with E-state index in [1.54, 1.807) is 18.2 Å². The predicted molar refractivity (Wildman–Crippen MR) is 154 cm³/mol. The second-order valence-corrected chi connectivity index (χ2v) is 10.8. The van der Waals surface area contributed by atoms with Gasteiger partial charge in [-0.2, -0.15) is 0 Å². The van der Waals surface area contributed by atoms with Gasteiger partial charge in [0.2, 0.25) is 0 Å². The van der Waals surface area contributed by atoms with Crippen molar-refractivity contribution in [2.24, 2.45) is 0 Å². The van der Waals surface area contributed by atoms with Crippen molar-refractivity contribution in [3.8, 4) is 11.5 Å². The molecule has 0 bridgehead atoms. The number of nitrogens with zero attached hydrogens (tertiary/aromatic N) is 1. The molecule has 3 aromatic rings. The average Bonchev–Trinajstić information content (AvgIpc) is 3.12. The number of imide groups is 1. The first-order valence-corrected chi connectivity index (χ1v) is 13.8. The van der Waals surface area contributed by atoms with E-state index in [-0.39, 0.29) is 17.8 Å². The Labute approximate surface area is 237 Å². The highest BCUT2D eigenvalue weighted by Crippen LogP contribution is 2.38. The Morgan fingerprint density at radius 3 is 2.47 bits per heavy atom. The van der Waals surface area contributed by atoms with E-state index < -0.39 is 0 Å². The minimum Gasteiger partial charge on any atom is -0.490 e. The summed E-state index contributed by atoms with van der Waals surface area (Å²) >= 11 is 15.2. The fraction of sp³-hybridized carbons (Fsp3) is 0.185. The van der Waals surface area contributed by atoms with Gasteiger partial charge < -0.3 is 9.47 Å². The summed E-state index contributed by atoms with van der Waals surface area (Å²) in [5.41, 5.74) is 2.70. The summed E-state index contributed by atoms with van der Waals surface area (Å²) in [5, 5.41) is 0.688. The van der Waals surface area contributed by atoms with Crippen molar-refractivity contribution in [2.45, 2.75) is 20.0 Å². The van der Waals surface area contributed by atoms with Gasteiger partial charge in [0.15, 0.2) is 11.5 Å². The van der Waals surface area contributed by atoms with E-state index in [9.17, 15) is 9.59 Å². The number of rotatable bonds is 9. The minimum absolute atomic E-state index is 0.261. The molecule has 36 heavy (non-hydrogen) atoms. The van der Waals surface area contributed by atoms with Crippen LogP contribution in [-0.2, 0) is 17.8 Å². The first-order valence-electron chi connectivity index (χ1n) is 11.2. The van der Waals surface area contributed by atoms with Gasteiger partial charge in [0.1, 0.15) is 6.61 Å². The van der Waals surface area contributed by atoms with E-state index >= 15 is 0 Å². The largest absolute Gasteiger partial charge is 0.490 e. The fourth-order valence-electron chi connectivity index (χ4n) is 3.59. The molecule has 1 aliphatic rings. The molecule has 0 saturated carbocycles. The average molecular weight is 654 g/mol. The molecule has 0 atom stereocenters. The predicted octanol–water partition coefficient (Wildman–Crippen LogP) is 7.85. The molecule has 0 unspecified atom stereocenters. The Bertz CT molecular complexity index is 1320. The van der Waals surface area contributed by atoms with Gasteiger partial charge in [0.25, 0.3) is 11.1 Å². The molecule has 1 heterocycles. The molecule has 0 aliphatic carbocycles. The Balaban J connectivity index is 1.51. The number of benzene rings is 3. The normalized spacial score (nSPS) is 14.6. The van der Waals surface area contributed by atoms with Crippen LogP contribution in [0, 0.1) is 3.57 Å². The molecule has 2 amide bonds. The quantitative estimate of drug-likeness (QED) is 0.174. The van der Waals surface area contributed by atoms with E-state index in [1.165, 1.54) is 4.90 Å². The van der Waals surface area contributed by atoms with E-state index in [2.05, 4.69) is 22.6 Å². The van der Waals surface area contributed by atoms with Crippen molar-refractivity contribution >= 4 is 74.8 Å². The number of carbonyl (C=O) groups excluding carboxylic acids is 2. The summed E-state index contributed by atoms with van der Waals surface area (Å²) in [5.74, 6) is 0.865. The number of amides is 2. The van der Waals surface area contributed by atoms with Crippen LogP contribution in [0.1, 0.15) is 23.6 Å². The third kappa shape index (κ3) is 6.56. The van der Waals surface area contributed by atoms with Crippen molar-refractivity contribution in [1.82, 2.24) is 4.90 Å². The summed E-state index contributed by atoms with van der Waals surface area (Å²) in [6.07, 6.45) is 2.34. The monoisotopic (exact) mass is 653 g/mol. The van der Waals surface area contributed by atoms with Gasteiger partial charge in [0, 0.05) is 6.54 Å². The third-order valence-electron chi connectivity index (χ3n) is 5.34. The summed E-state index contributed by atoms with van der Waals surface area (Å²) in [6.45, 7) is 2.96. The Morgan fingerprint density at radius 1 is 0.972 bits per heavy atom. The zero-order valence-electron chi connectivity index (χ0n) is 19.3. The van der Waals surface area contributed by atoms with Gasteiger partial charge in [-0.05, 0) is 94.7 Å². The van der Waals surface area contributed by atoms with Gasteiger partial charge >= 0.3 is 0 Å². The zero-order chi connectivity index (χ0) is 25.7. The SMILES string of the molecule is CCOc1cc(/C=C2\SC(=O)N(CCc3ccccc3)C2=O)cc(I)c1OCc1ccc(Cl)c(Cl)c1. The molecular weight excluding hydrogens is 632 g/mol. The van der Waals surface area contributed by atoms with Crippen LogP contribution in [0.25, 0.3) is 6.08 Å². The Hall–Kier alpha value is -2.20. The molecule has 4 rings (SSSR count). The number of hydrogen-bond donors (Lipinski definition) is 0. The van der Waals surface area contributed by atoms with E-state index in [4.69, 9.17) is 32.7 Å². The summed E-state index contributed by atoms with van der Waals surface area (Å²) < 4.78 is 12.7. The number of hydrogen-bond acceptors (Lipinski definition) is 5. The highest BCUT2D eigenvalue weighted by atomic mass is 127. The van der Waals surface area contributed by atoms with Gasteiger partial charge in [-0.15, -0.1) is 0 Å². The molecule has 3 aromatic carbocycles. The van der Waals surface area contributed by atoms with Gasteiger partial charge in [-0.3, -0.25) is 14.5 Å². The molecule has 186 valence electrons. The lowest BCUT2D eigenvalue weighted by molar-refractivity contribution is -0.122. The zero-order valence-corrected chi connectivity index (χ0v) is 23.8. The van der Waals surface area contributed by atoms with Crippen molar-refractivity contribution in [3.05, 3.63) is 95.9 Å². The topological polar surface area (TPSA) is 55.8 Å².